The molecule has 1 fully saturated rings. The molecule has 3 amide bonds. The SMILES string of the molecule is C#CCNC(=O)C(=O)NCc1ccccc1C(=O)NC1(c2ccc(F)c(-c3cccs3)c2)CC1. The summed E-state index contributed by atoms with van der Waals surface area (Å²) in [5, 5.41) is 9.78. The molecule has 8 heteroatoms. The van der Waals surface area contributed by atoms with Crippen LogP contribution in [0.1, 0.15) is 34.3 Å². The molecule has 1 heterocycles. The van der Waals surface area contributed by atoms with Crippen LogP contribution in [0.3, 0.4) is 0 Å². The minimum absolute atomic E-state index is 0.00201. The molecule has 0 saturated heterocycles. The number of hydrogen-bond donors (Lipinski definition) is 3. The lowest BCUT2D eigenvalue weighted by Crippen LogP contribution is -2.40. The molecule has 0 aliphatic heterocycles. The van der Waals surface area contributed by atoms with Crippen LogP contribution in [-0.4, -0.2) is 24.3 Å². The summed E-state index contributed by atoms with van der Waals surface area (Å²) in [6.45, 7) is -0.0527. The molecule has 0 radical (unpaired) electrons. The summed E-state index contributed by atoms with van der Waals surface area (Å²) >= 11 is 1.46. The van der Waals surface area contributed by atoms with Crippen LogP contribution in [-0.2, 0) is 21.7 Å². The Kier molecular flexibility index (Phi) is 6.75. The zero-order valence-corrected chi connectivity index (χ0v) is 19.0. The van der Waals surface area contributed by atoms with E-state index >= 15 is 0 Å². The highest BCUT2D eigenvalue weighted by atomic mass is 32.1. The molecule has 0 unspecified atom stereocenters. The maximum atomic E-state index is 14.4. The van der Waals surface area contributed by atoms with Gasteiger partial charge < -0.3 is 16.0 Å². The van der Waals surface area contributed by atoms with Crippen LogP contribution >= 0.6 is 11.3 Å². The quantitative estimate of drug-likeness (QED) is 0.362. The molecule has 1 saturated carbocycles. The zero-order chi connectivity index (χ0) is 24.1. The fourth-order valence-electron chi connectivity index (χ4n) is 3.70. The lowest BCUT2D eigenvalue weighted by atomic mass is 9.99. The van der Waals surface area contributed by atoms with E-state index in [1.165, 1.54) is 17.4 Å². The normalized spacial score (nSPS) is 13.4. The molecule has 0 atom stereocenters. The number of halogens is 1. The summed E-state index contributed by atoms with van der Waals surface area (Å²) < 4.78 is 14.4. The standard InChI is InChI=1S/C26H22FN3O3S/c1-2-13-28-24(32)25(33)29-16-17-6-3-4-7-19(17)23(31)30-26(11-12-26)18-9-10-21(27)20(15-18)22-8-5-14-34-22/h1,3-10,14-15H,11-13,16H2,(H,28,32)(H,29,33)(H,30,31). The summed E-state index contributed by atoms with van der Waals surface area (Å²) in [4.78, 5) is 37.7. The van der Waals surface area contributed by atoms with E-state index in [4.69, 9.17) is 6.42 Å². The molecule has 1 aliphatic rings. The van der Waals surface area contributed by atoms with Gasteiger partial charge in [-0.1, -0.05) is 36.3 Å². The van der Waals surface area contributed by atoms with Gasteiger partial charge in [-0.15, -0.1) is 17.8 Å². The fraction of sp³-hybridized carbons (Fsp3) is 0.192. The second-order valence-corrected chi connectivity index (χ2v) is 8.88. The topological polar surface area (TPSA) is 87.3 Å². The van der Waals surface area contributed by atoms with E-state index < -0.39 is 17.4 Å². The van der Waals surface area contributed by atoms with Crippen molar-refractivity contribution in [1.29, 1.82) is 0 Å². The van der Waals surface area contributed by atoms with Crippen molar-refractivity contribution in [3.05, 3.63) is 82.5 Å². The smallest absolute Gasteiger partial charge is 0.310 e. The lowest BCUT2D eigenvalue weighted by molar-refractivity contribution is -0.139. The van der Waals surface area contributed by atoms with Crippen LogP contribution in [0.25, 0.3) is 10.4 Å². The highest BCUT2D eigenvalue weighted by Crippen LogP contribution is 2.47. The van der Waals surface area contributed by atoms with E-state index in [1.807, 2.05) is 17.5 Å². The third-order valence-electron chi connectivity index (χ3n) is 5.67. The number of amides is 3. The minimum atomic E-state index is -0.838. The molecule has 3 aromatic rings. The molecular formula is C26H22FN3O3S. The van der Waals surface area contributed by atoms with Gasteiger partial charge in [0.2, 0.25) is 0 Å². The molecule has 6 nitrogen and oxygen atoms in total. The fourth-order valence-corrected chi connectivity index (χ4v) is 4.45. The van der Waals surface area contributed by atoms with Gasteiger partial charge in [0.25, 0.3) is 5.91 Å². The first-order valence-corrected chi connectivity index (χ1v) is 11.6. The number of terminal acetylenes is 1. The molecule has 4 rings (SSSR count). The molecule has 34 heavy (non-hydrogen) atoms. The van der Waals surface area contributed by atoms with Crippen molar-refractivity contribution in [2.45, 2.75) is 24.9 Å². The molecule has 1 aliphatic carbocycles. The van der Waals surface area contributed by atoms with Gasteiger partial charge in [-0.3, -0.25) is 14.4 Å². The predicted molar refractivity (Wildman–Crippen MR) is 128 cm³/mol. The Balaban J connectivity index is 1.49. The second-order valence-electron chi connectivity index (χ2n) is 7.93. The van der Waals surface area contributed by atoms with Gasteiger partial charge in [0.05, 0.1) is 12.1 Å². The Labute approximate surface area is 200 Å². The van der Waals surface area contributed by atoms with Gasteiger partial charge >= 0.3 is 11.8 Å². The summed E-state index contributed by atoms with van der Waals surface area (Å²) in [6, 6.07) is 15.5. The number of benzene rings is 2. The van der Waals surface area contributed by atoms with Crippen molar-refractivity contribution in [2.75, 3.05) is 6.54 Å². The van der Waals surface area contributed by atoms with E-state index in [9.17, 15) is 18.8 Å². The largest absolute Gasteiger partial charge is 0.344 e. The first-order valence-electron chi connectivity index (χ1n) is 10.7. The Hall–Kier alpha value is -3.96. The van der Waals surface area contributed by atoms with E-state index in [0.29, 0.717) is 16.7 Å². The zero-order valence-electron chi connectivity index (χ0n) is 18.2. The third kappa shape index (κ3) is 5.00. The third-order valence-corrected chi connectivity index (χ3v) is 6.57. The van der Waals surface area contributed by atoms with Gasteiger partial charge in [-0.05, 0) is 53.6 Å². The Morgan fingerprint density at radius 3 is 2.50 bits per heavy atom. The van der Waals surface area contributed by atoms with Crippen molar-refractivity contribution in [1.82, 2.24) is 16.0 Å². The Bertz CT molecular complexity index is 1280. The lowest BCUT2D eigenvalue weighted by Gasteiger charge is -2.20. The van der Waals surface area contributed by atoms with Crippen LogP contribution in [0.2, 0.25) is 0 Å². The van der Waals surface area contributed by atoms with E-state index in [2.05, 4.69) is 21.9 Å². The number of thiophene rings is 1. The first kappa shape index (κ1) is 23.2. The van der Waals surface area contributed by atoms with Gasteiger partial charge in [-0.25, -0.2) is 4.39 Å². The van der Waals surface area contributed by atoms with Gasteiger partial charge in [0.15, 0.2) is 0 Å². The summed E-state index contributed by atoms with van der Waals surface area (Å²) in [7, 11) is 0. The number of carbonyl (C=O) groups excluding carboxylic acids is 3. The van der Waals surface area contributed by atoms with E-state index in [1.54, 1.807) is 36.4 Å². The summed E-state index contributed by atoms with van der Waals surface area (Å²) in [5.74, 6) is -0.0626. The highest BCUT2D eigenvalue weighted by Gasteiger charge is 2.46. The van der Waals surface area contributed by atoms with Crippen LogP contribution in [0, 0.1) is 18.2 Å². The number of carbonyl (C=O) groups is 3. The van der Waals surface area contributed by atoms with Crippen LogP contribution in [0.4, 0.5) is 4.39 Å². The number of rotatable bonds is 7. The average molecular weight is 476 g/mol. The van der Waals surface area contributed by atoms with Crippen molar-refractivity contribution in [3.63, 3.8) is 0 Å². The van der Waals surface area contributed by atoms with Crippen molar-refractivity contribution < 1.29 is 18.8 Å². The molecular weight excluding hydrogens is 453 g/mol. The summed E-state index contributed by atoms with van der Waals surface area (Å²) in [6.07, 6.45) is 6.55. The van der Waals surface area contributed by atoms with Gasteiger partial charge in [0, 0.05) is 22.5 Å². The van der Waals surface area contributed by atoms with Crippen LogP contribution in [0.5, 0.6) is 0 Å². The minimum Gasteiger partial charge on any atom is -0.344 e. The monoisotopic (exact) mass is 475 g/mol. The van der Waals surface area contributed by atoms with Crippen molar-refractivity contribution in [3.8, 4) is 22.8 Å². The molecule has 3 N–H and O–H groups in total. The number of hydrogen-bond acceptors (Lipinski definition) is 4. The maximum Gasteiger partial charge on any atom is 0.310 e. The molecule has 172 valence electrons. The van der Waals surface area contributed by atoms with Crippen LogP contribution in [0.15, 0.2) is 60.0 Å². The predicted octanol–water partition coefficient (Wildman–Crippen LogP) is 3.34. The second kappa shape index (κ2) is 9.89. The maximum absolute atomic E-state index is 14.4. The molecule has 1 aromatic heterocycles. The Morgan fingerprint density at radius 1 is 1.03 bits per heavy atom. The van der Waals surface area contributed by atoms with Gasteiger partial charge in [0.1, 0.15) is 5.82 Å². The van der Waals surface area contributed by atoms with Gasteiger partial charge in [-0.2, -0.15) is 0 Å². The average Bonchev–Trinajstić information content (AvgIpc) is 3.41. The highest BCUT2D eigenvalue weighted by molar-refractivity contribution is 7.13. The molecule has 0 spiro atoms. The van der Waals surface area contributed by atoms with Crippen LogP contribution < -0.4 is 16.0 Å². The van der Waals surface area contributed by atoms with E-state index in [0.717, 1.165) is 23.3 Å². The van der Waals surface area contributed by atoms with Crippen molar-refractivity contribution >= 4 is 29.1 Å². The first-order chi connectivity index (χ1) is 16.4. The molecule has 2 aromatic carbocycles. The Morgan fingerprint density at radius 2 is 1.79 bits per heavy atom. The van der Waals surface area contributed by atoms with Crippen molar-refractivity contribution in [2.24, 2.45) is 0 Å². The number of nitrogens with one attached hydrogen (secondary N) is 3. The van der Waals surface area contributed by atoms with E-state index in [-0.39, 0.29) is 24.8 Å². The summed E-state index contributed by atoms with van der Waals surface area (Å²) in [5.41, 5.74) is 1.74. The molecule has 0 bridgehead atoms.